The Hall–Kier alpha value is -0.540. The van der Waals surface area contributed by atoms with E-state index in [0.717, 1.165) is 0 Å². The molecule has 3 heteroatoms. The van der Waals surface area contributed by atoms with E-state index < -0.39 is 6.10 Å². The molecule has 0 aromatic rings. The third-order valence-electron chi connectivity index (χ3n) is 1.48. The molecule has 0 spiro atoms. The highest BCUT2D eigenvalue weighted by Crippen LogP contribution is 2.10. The maximum atomic E-state index is 9.20. The third-order valence-corrected chi connectivity index (χ3v) is 1.48. The Bertz CT molecular complexity index is 132. The van der Waals surface area contributed by atoms with Crippen LogP contribution in [0.4, 0.5) is 0 Å². The zero-order valence-electron chi connectivity index (χ0n) is 7.37. The van der Waals surface area contributed by atoms with Gasteiger partial charge >= 0.3 is 0 Å². The fourth-order valence-corrected chi connectivity index (χ4v) is 0.675. The molecule has 0 rings (SSSR count). The Kier molecular flexibility index (Phi) is 4.90. The number of rotatable bonds is 4. The van der Waals surface area contributed by atoms with Crippen LogP contribution in [0.1, 0.15) is 27.2 Å². The van der Waals surface area contributed by atoms with Gasteiger partial charge in [0.2, 0.25) is 0 Å². The standard InChI is InChI=1S/C8H17NO2/c1-4-7(10)5-8(11-9)6(2)3/h5-7,10H,4,9H2,1-3H3/b8-5-. The van der Waals surface area contributed by atoms with Crippen LogP contribution >= 0.6 is 0 Å². The van der Waals surface area contributed by atoms with Gasteiger partial charge in [-0.15, -0.1) is 0 Å². The smallest absolute Gasteiger partial charge is 0.125 e. The number of allylic oxidation sites excluding steroid dienone is 1. The summed E-state index contributed by atoms with van der Waals surface area (Å²) in [5.74, 6) is 5.86. The minimum Gasteiger partial charge on any atom is -0.416 e. The summed E-state index contributed by atoms with van der Waals surface area (Å²) >= 11 is 0. The van der Waals surface area contributed by atoms with Crippen LogP contribution in [-0.2, 0) is 4.84 Å². The van der Waals surface area contributed by atoms with Gasteiger partial charge in [-0.2, -0.15) is 5.90 Å². The van der Waals surface area contributed by atoms with Crippen molar-refractivity contribution >= 4 is 0 Å². The van der Waals surface area contributed by atoms with Crippen LogP contribution in [-0.4, -0.2) is 11.2 Å². The summed E-state index contributed by atoms with van der Waals surface area (Å²) in [5.41, 5.74) is 0. The van der Waals surface area contributed by atoms with Crippen LogP contribution < -0.4 is 5.90 Å². The van der Waals surface area contributed by atoms with Gasteiger partial charge in [-0.1, -0.05) is 20.8 Å². The lowest BCUT2D eigenvalue weighted by Gasteiger charge is -2.10. The predicted molar refractivity (Wildman–Crippen MR) is 44.5 cm³/mol. The molecule has 3 nitrogen and oxygen atoms in total. The SMILES string of the molecule is CCC(O)/C=C(\ON)C(C)C. The van der Waals surface area contributed by atoms with Crippen molar-refractivity contribution in [2.24, 2.45) is 11.8 Å². The lowest BCUT2D eigenvalue weighted by Crippen LogP contribution is -2.10. The van der Waals surface area contributed by atoms with Gasteiger partial charge in [0.1, 0.15) is 5.76 Å². The van der Waals surface area contributed by atoms with Crippen LogP contribution in [0.5, 0.6) is 0 Å². The molecule has 0 aromatic heterocycles. The molecule has 0 fully saturated rings. The second kappa shape index (κ2) is 5.16. The van der Waals surface area contributed by atoms with Gasteiger partial charge < -0.3 is 9.94 Å². The number of aliphatic hydroxyl groups is 1. The molecule has 0 saturated heterocycles. The first kappa shape index (κ1) is 10.5. The fraction of sp³-hybridized carbons (Fsp3) is 0.750. The summed E-state index contributed by atoms with van der Waals surface area (Å²) < 4.78 is 0. The number of hydrogen-bond acceptors (Lipinski definition) is 3. The molecule has 1 unspecified atom stereocenters. The summed E-state index contributed by atoms with van der Waals surface area (Å²) in [6.45, 7) is 5.82. The molecular weight excluding hydrogens is 142 g/mol. The molecular formula is C8H17NO2. The fourth-order valence-electron chi connectivity index (χ4n) is 0.675. The van der Waals surface area contributed by atoms with Crippen molar-refractivity contribution in [3.63, 3.8) is 0 Å². The molecule has 0 aliphatic heterocycles. The lowest BCUT2D eigenvalue weighted by atomic mass is 10.1. The molecule has 0 saturated carbocycles. The minimum atomic E-state index is -0.448. The van der Waals surface area contributed by atoms with Crippen LogP contribution in [0.25, 0.3) is 0 Å². The van der Waals surface area contributed by atoms with Gasteiger partial charge in [0.25, 0.3) is 0 Å². The van der Waals surface area contributed by atoms with Gasteiger partial charge in [0.15, 0.2) is 0 Å². The Morgan fingerprint density at radius 2 is 2.18 bits per heavy atom. The van der Waals surface area contributed by atoms with Crippen LogP contribution in [0.2, 0.25) is 0 Å². The monoisotopic (exact) mass is 159 g/mol. The van der Waals surface area contributed by atoms with E-state index in [0.29, 0.717) is 12.2 Å². The van der Waals surface area contributed by atoms with Crippen molar-refractivity contribution in [1.82, 2.24) is 0 Å². The zero-order chi connectivity index (χ0) is 8.85. The number of nitrogens with two attached hydrogens (primary N) is 1. The van der Waals surface area contributed by atoms with E-state index in [1.807, 2.05) is 20.8 Å². The predicted octanol–water partition coefficient (Wildman–Crippen LogP) is 1.19. The lowest BCUT2D eigenvalue weighted by molar-refractivity contribution is 0.169. The summed E-state index contributed by atoms with van der Waals surface area (Å²) in [6, 6.07) is 0. The van der Waals surface area contributed by atoms with Gasteiger partial charge in [-0.3, -0.25) is 0 Å². The molecule has 0 bridgehead atoms. The Labute approximate surface area is 67.8 Å². The first-order valence-electron chi connectivity index (χ1n) is 3.88. The van der Waals surface area contributed by atoms with Crippen molar-refractivity contribution in [3.8, 4) is 0 Å². The van der Waals surface area contributed by atoms with E-state index in [1.54, 1.807) is 6.08 Å². The average Bonchev–Trinajstić information content (AvgIpc) is 1.99. The largest absolute Gasteiger partial charge is 0.416 e. The van der Waals surface area contributed by atoms with Crippen molar-refractivity contribution in [3.05, 3.63) is 11.8 Å². The third kappa shape index (κ3) is 4.01. The highest BCUT2D eigenvalue weighted by Gasteiger charge is 2.05. The molecule has 0 aromatic carbocycles. The molecule has 0 radical (unpaired) electrons. The number of aliphatic hydroxyl groups excluding tert-OH is 1. The van der Waals surface area contributed by atoms with Gasteiger partial charge in [-0.05, 0) is 12.5 Å². The first-order valence-corrected chi connectivity index (χ1v) is 3.88. The highest BCUT2D eigenvalue weighted by atomic mass is 16.6. The maximum Gasteiger partial charge on any atom is 0.125 e. The molecule has 0 amide bonds. The summed E-state index contributed by atoms with van der Waals surface area (Å²) in [5, 5.41) is 9.20. The molecule has 0 heterocycles. The van der Waals surface area contributed by atoms with Crippen molar-refractivity contribution in [2.45, 2.75) is 33.3 Å². The average molecular weight is 159 g/mol. The Morgan fingerprint density at radius 3 is 2.45 bits per heavy atom. The normalized spacial score (nSPS) is 15.3. The molecule has 11 heavy (non-hydrogen) atoms. The Morgan fingerprint density at radius 1 is 1.64 bits per heavy atom. The topological polar surface area (TPSA) is 55.5 Å². The van der Waals surface area contributed by atoms with Gasteiger partial charge in [-0.25, -0.2) is 0 Å². The molecule has 1 atom stereocenters. The molecule has 0 aliphatic rings. The van der Waals surface area contributed by atoms with E-state index in [-0.39, 0.29) is 5.92 Å². The van der Waals surface area contributed by atoms with E-state index in [9.17, 15) is 5.11 Å². The summed E-state index contributed by atoms with van der Waals surface area (Å²) in [6.07, 6.45) is 1.88. The Balaban J connectivity index is 4.10. The molecule has 66 valence electrons. The zero-order valence-corrected chi connectivity index (χ0v) is 7.37. The van der Waals surface area contributed by atoms with Crippen molar-refractivity contribution in [1.29, 1.82) is 0 Å². The van der Waals surface area contributed by atoms with Crippen LogP contribution in [0, 0.1) is 5.92 Å². The second-order valence-corrected chi connectivity index (χ2v) is 2.82. The van der Waals surface area contributed by atoms with E-state index in [1.165, 1.54) is 0 Å². The summed E-state index contributed by atoms with van der Waals surface area (Å²) in [4.78, 5) is 4.59. The van der Waals surface area contributed by atoms with Crippen LogP contribution in [0.15, 0.2) is 11.8 Å². The van der Waals surface area contributed by atoms with E-state index in [4.69, 9.17) is 5.90 Å². The molecule has 3 N–H and O–H groups in total. The second-order valence-electron chi connectivity index (χ2n) is 2.82. The number of hydrogen-bond donors (Lipinski definition) is 2. The van der Waals surface area contributed by atoms with Crippen molar-refractivity contribution in [2.75, 3.05) is 0 Å². The van der Waals surface area contributed by atoms with Crippen molar-refractivity contribution < 1.29 is 9.94 Å². The van der Waals surface area contributed by atoms with Gasteiger partial charge in [0, 0.05) is 5.92 Å². The maximum absolute atomic E-state index is 9.20. The molecule has 0 aliphatic carbocycles. The highest BCUT2D eigenvalue weighted by molar-refractivity contribution is 4.99. The van der Waals surface area contributed by atoms with E-state index >= 15 is 0 Å². The summed E-state index contributed by atoms with van der Waals surface area (Å²) in [7, 11) is 0. The minimum absolute atomic E-state index is 0.223. The quantitative estimate of drug-likeness (QED) is 0.478. The van der Waals surface area contributed by atoms with E-state index in [2.05, 4.69) is 4.84 Å². The first-order chi connectivity index (χ1) is 5.11. The van der Waals surface area contributed by atoms with Gasteiger partial charge in [0.05, 0.1) is 6.10 Å². The van der Waals surface area contributed by atoms with Crippen LogP contribution in [0.3, 0.4) is 0 Å².